The number of terminal acetylenes is 1. The molecule has 1 atom stereocenters. The summed E-state index contributed by atoms with van der Waals surface area (Å²) >= 11 is 2.48. The molecule has 0 radical (unpaired) electrons. The fourth-order valence-electron chi connectivity index (χ4n) is 2.78. The second kappa shape index (κ2) is 12.2. The molecule has 0 aliphatic heterocycles. The van der Waals surface area contributed by atoms with Gasteiger partial charge in [0, 0.05) is 29.0 Å². The predicted molar refractivity (Wildman–Crippen MR) is 101 cm³/mol. The molecule has 0 saturated heterocycles. The molecular weight excluding hydrogens is 405 g/mol. The second-order valence-corrected chi connectivity index (χ2v) is 7.01. The zero-order valence-corrected chi connectivity index (χ0v) is 16.8. The minimum atomic E-state index is 0. The minimum absolute atomic E-state index is 0. The maximum absolute atomic E-state index is 5.80. The van der Waals surface area contributed by atoms with Gasteiger partial charge in [-0.1, -0.05) is 57.0 Å². The van der Waals surface area contributed by atoms with Gasteiger partial charge in [-0.05, 0) is 24.3 Å². The summed E-state index contributed by atoms with van der Waals surface area (Å²) in [5.41, 5.74) is 1.42. The molecule has 0 aliphatic carbocycles. The lowest BCUT2D eigenvalue weighted by Crippen LogP contribution is -3.00. The van der Waals surface area contributed by atoms with Crippen molar-refractivity contribution in [2.24, 2.45) is 0 Å². The van der Waals surface area contributed by atoms with Crippen LogP contribution < -0.4 is 12.4 Å². The summed E-state index contributed by atoms with van der Waals surface area (Å²) in [6, 6.07) is 10.8. The van der Waals surface area contributed by atoms with Crippen molar-refractivity contribution in [1.29, 1.82) is 0 Å². The average Bonchev–Trinajstić information content (AvgIpc) is 2.54. The van der Waals surface area contributed by atoms with E-state index in [4.69, 9.17) is 6.42 Å². The summed E-state index contributed by atoms with van der Waals surface area (Å²) < 4.78 is 1.36. The van der Waals surface area contributed by atoms with Crippen molar-refractivity contribution in [3.8, 4) is 12.3 Å². The van der Waals surface area contributed by atoms with Crippen LogP contribution in [0.15, 0.2) is 30.3 Å². The molecule has 1 aromatic carbocycles. The Morgan fingerprint density at radius 1 is 1.05 bits per heavy atom. The number of benzene rings is 1. The third-order valence-corrected chi connectivity index (χ3v) is 5.76. The molecule has 1 rings (SSSR count). The summed E-state index contributed by atoms with van der Waals surface area (Å²) in [4.78, 5) is 0. The quantitative estimate of drug-likeness (QED) is 0.174. The number of unbranched alkanes of at least 4 members (excludes halogenated alkanes) is 2. The van der Waals surface area contributed by atoms with Crippen LogP contribution >= 0.6 is 22.6 Å². The molecule has 3 heteroatoms. The van der Waals surface area contributed by atoms with Gasteiger partial charge in [0.1, 0.15) is 0 Å². The predicted octanol–water partition coefficient (Wildman–Crippen LogP) is 2.04. The molecule has 0 amide bonds. The van der Waals surface area contributed by atoms with E-state index < -0.39 is 0 Å². The zero-order chi connectivity index (χ0) is 15.6. The monoisotopic (exact) mass is 433 g/mol. The fraction of sp³-hybridized carbons (Fsp3) is 0.579. The van der Waals surface area contributed by atoms with Gasteiger partial charge < -0.3 is 16.9 Å². The highest BCUT2D eigenvalue weighted by molar-refractivity contribution is 14.1. The van der Waals surface area contributed by atoms with Gasteiger partial charge >= 0.3 is 0 Å². The van der Waals surface area contributed by atoms with Crippen molar-refractivity contribution in [1.82, 2.24) is 0 Å². The molecule has 0 heterocycles. The van der Waals surface area contributed by atoms with Crippen LogP contribution in [0.2, 0.25) is 0 Å². The molecular formula is C19H29ClIN. The molecule has 124 valence electrons. The Bertz CT molecular complexity index is 419. The Hall–Kier alpha value is -0.240. The van der Waals surface area contributed by atoms with Crippen LogP contribution in [0, 0.1) is 12.3 Å². The van der Waals surface area contributed by atoms with Gasteiger partial charge in [-0.2, -0.15) is 0 Å². The summed E-state index contributed by atoms with van der Waals surface area (Å²) in [5, 5.41) is 0. The maximum Gasteiger partial charge on any atom is 0.200 e. The van der Waals surface area contributed by atoms with Gasteiger partial charge in [-0.3, -0.25) is 0 Å². The van der Waals surface area contributed by atoms with Gasteiger partial charge in [0.05, 0.1) is 19.6 Å². The molecule has 0 bridgehead atoms. The molecule has 1 nitrogen and oxygen atoms in total. The number of hydrogen-bond donors (Lipinski definition) is 0. The Morgan fingerprint density at radius 2 is 1.59 bits per heavy atom. The summed E-state index contributed by atoms with van der Waals surface area (Å²) in [5.74, 6) is 3.02. The standard InChI is InChI=1S/C19H29IN.ClH/c1-4-7-15-21(16-8-5-2,19(20)6-3)17-14-18-12-10-9-11-13-18;/h3,9-13,19H,4-5,7-8,14-17H2,1-2H3;1H/q+1;/p-1. The van der Waals surface area contributed by atoms with Gasteiger partial charge in [0.25, 0.3) is 0 Å². The van der Waals surface area contributed by atoms with Crippen molar-refractivity contribution in [2.75, 3.05) is 19.6 Å². The smallest absolute Gasteiger partial charge is 0.200 e. The van der Waals surface area contributed by atoms with E-state index in [1.807, 2.05) is 0 Å². The van der Waals surface area contributed by atoms with Crippen molar-refractivity contribution in [3.63, 3.8) is 0 Å². The van der Waals surface area contributed by atoms with E-state index in [9.17, 15) is 0 Å². The number of nitrogens with zero attached hydrogens (tertiary/aromatic N) is 1. The lowest BCUT2D eigenvalue weighted by Gasteiger charge is -2.41. The molecule has 0 spiro atoms. The third kappa shape index (κ3) is 6.89. The highest BCUT2D eigenvalue weighted by Crippen LogP contribution is 2.23. The second-order valence-electron chi connectivity index (χ2n) is 5.83. The van der Waals surface area contributed by atoms with E-state index in [0.717, 1.165) is 17.4 Å². The molecule has 1 unspecified atom stereocenters. The average molecular weight is 434 g/mol. The molecule has 0 aliphatic rings. The van der Waals surface area contributed by atoms with Crippen LogP contribution in [0.25, 0.3) is 0 Å². The first-order valence-corrected chi connectivity index (χ1v) is 9.43. The van der Waals surface area contributed by atoms with E-state index in [1.165, 1.54) is 44.3 Å². The number of rotatable bonds is 10. The fourth-order valence-corrected chi connectivity index (χ4v) is 3.61. The largest absolute Gasteiger partial charge is 1.00 e. The number of halogens is 2. The molecule has 0 aromatic heterocycles. The normalized spacial score (nSPS) is 12.3. The Kier molecular flexibility index (Phi) is 12.1. The lowest BCUT2D eigenvalue weighted by molar-refractivity contribution is -0.927. The third-order valence-electron chi connectivity index (χ3n) is 4.22. The van der Waals surface area contributed by atoms with Crippen molar-refractivity contribution >= 4 is 22.6 Å². The molecule has 1 aromatic rings. The number of hydrogen-bond acceptors (Lipinski definition) is 0. The molecule has 22 heavy (non-hydrogen) atoms. The van der Waals surface area contributed by atoms with Crippen molar-refractivity contribution < 1.29 is 16.9 Å². The van der Waals surface area contributed by atoms with E-state index in [-0.39, 0.29) is 16.5 Å². The zero-order valence-electron chi connectivity index (χ0n) is 13.9. The van der Waals surface area contributed by atoms with Crippen molar-refractivity contribution in [3.05, 3.63) is 35.9 Å². The SMILES string of the molecule is C#CC(I)[N+](CCCC)(CCCC)CCc1ccccc1.[Cl-]. The van der Waals surface area contributed by atoms with Crippen molar-refractivity contribution in [2.45, 2.75) is 50.0 Å². The topological polar surface area (TPSA) is 0 Å². The van der Waals surface area contributed by atoms with Crippen LogP contribution in [0.5, 0.6) is 0 Å². The Labute approximate surface area is 157 Å². The molecule has 0 fully saturated rings. The van der Waals surface area contributed by atoms with E-state index >= 15 is 0 Å². The number of quaternary nitrogens is 1. The highest BCUT2D eigenvalue weighted by Gasteiger charge is 2.32. The summed E-state index contributed by atoms with van der Waals surface area (Å²) in [6.45, 7) is 8.11. The van der Waals surface area contributed by atoms with E-state index in [2.05, 4.69) is 72.7 Å². The van der Waals surface area contributed by atoms with Gasteiger partial charge in [-0.15, -0.1) is 6.42 Å². The first kappa shape index (κ1) is 21.8. The molecule has 0 saturated carbocycles. The van der Waals surface area contributed by atoms with Crippen LogP contribution in [0.3, 0.4) is 0 Å². The Balaban J connectivity index is 0.00000441. The first-order chi connectivity index (χ1) is 10.2. The van der Waals surface area contributed by atoms with E-state index in [0.29, 0.717) is 0 Å². The van der Waals surface area contributed by atoms with Crippen LogP contribution in [-0.2, 0) is 6.42 Å². The maximum atomic E-state index is 5.80. The first-order valence-electron chi connectivity index (χ1n) is 8.18. The van der Waals surface area contributed by atoms with Crippen LogP contribution in [-0.4, -0.2) is 28.2 Å². The summed E-state index contributed by atoms with van der Waals surface area (Å²) in [7, 11) is 0. The van der Waals surface area contributed by atoms with Gasteiger partial charge in [-0.25, -0.2) is 0 Å². The Morgan fingerprint density at radius 3 is 2.05 bits per heavy atom. The van der Waals surface area contributed by atoms with E-state index in [1.54, 1.807) is 0 Å². The molecule has 0 N–H and O–H groups in total. The summed E-state index contributed by atoms with van der Waals surface area (Å²) in [6.07, 6.45) is 11.9. The van der Waals surface area contributed by atoms with Gasteiger partial charge in [0.2, 0.25) is 4.05 Å². The van der Waals surface area contributed by atoms with Gasteiger partial charge in [0.15, 0.2) is 0 Å². The highest BCUT2D eigenvalue weighted by atomic mass is 127. The lowest BCUT2D eigenvalue weighted by atomic mass is 10.1. The van der Waals surface area contributed by atoms with Crippen LogP contribution in [0.4, 0.5) is 0 Å². The van der Waals surface area contributed by atoms with Crippen LogP contribution in [0.1, 0.15) is 45.1 Å². The number of alkyl halides is 1. The minimum Gasteiger partial charge on any atom is -1.00 e.